The highest BCUT2D eigenvalue weighted by Gasteiger charge is 2.33. The van der Waals surface area contributed by atoms with Gasteiger partial charge in [0, 0.05) is 61.2 Å². The number of carbonyl (C=O) groups excluding carboxylic acids is 1. The lowest BCUT2D eigenvalue weighted by atomic mass is 9.84. The fourth-order valence-electron chi connectivity index (χ4n) is 6.30. The molecule has 42 heavy (non-hydrogen) atoms. The third-order valence-corrected chi connectivity index (χ3v) is 9.79. The Labute approximate surface area is 248 Å². The Kier molecular flexibility index (Phi) is 8.67. The molecule has 0 radical (unpaired) electrons. The van der Waals surface area contributed by atoms with Crippen LogP contribution in [0.1, 0.15) is 57.8 Å². The van der Waals surface area contributed by atoms with Gasteiger partial charge in [-0.2, -0.15) is 4.98 Å². The predicted octanol–water partition coefficient (Wildman–Crippen LogP) is 3.95. The van der Waals surface area contributed by atoms with E-state index in [9.17, 15) is 13.2 Å². The number of rotatable bonds is 11. The zero-order chi connectivity index (χ0) is 29.1. The summed E-state index contributed by atoms with van der Waals surface area (Å²) in [6.45, 7) is 2.10. The Balaban J connectivity index is 1.02. The van der Waals surface area contributed by atoms with Crippen molar-refractivity contribution in [3.63, 3.8) is 0 Å². The standard InChI is InChI=1S/C31H42N6O4S/c1-42(39,40)21-3-20-41-28-5-2-4-27-26(28)15-19-37(27)29-12-16-32-31(35-29)34-24-8-6-22(7-9-24)30(38)36-17-13-25(14-18-36)33-23-10-11-23/h2,4-5,12,15-16,19,22-25,33H,3,6-11,13-14,17-18,20-21H2,1H3,(H,32,34,35)/t22-,24-. The van der Waals surface area contributed by atoms with Crippen LogP contribution in [0.3, 0.4) is 0 Å². The largest absolute Gasteiger partial charge is 0.493 e. The number of carbonyl (C=O) groups is 1. The minimum absolute atomic E-state index is 0.107. The van der Waals surface area contributed by atoms with Crippen molar-refractivity contribution in [1.82, 2.24) is 24.8 Å². The van der Waals surface area contributed by atoms with E-state index in [0.717, 1.165) is 80.1 Å². The molecule has 1 amide bonds. The van der Waals surface area contributed by atoms with Gasteiger partial charge in [-0.15, -0.1) is 0 Å². The van der Waals surface area contributed by atoms with Gasteiger partial charge in [0.15, 0.2) is 0 Å². The molecule has 3 aromatic rings. The molecule has 10 nitrogen and oxygen atoms in total. The third-order valence-electron chi connectivity index (χ3n) is 8.76. The summed E-state index contributed by atoms with van der Waals surface area (Å²) >= 11 is 0. The number of sulfone groups is 1. The van der Waals surface area contributed by atoms with Gasteiger partial charge in [0.05, 0.1) is 17.9 Å². The second-order valence-corrected chi connectivity index (χ2v) is 14.4. The van der Waals surface area contributed by atoms with Crippen molar-refractivity contribution in [2.45, 2.75) is 75.9 Å². The Bertz CT molecular complexity index is 1490. The number of likely N-dealkylation sites (tertiary alicyclic amines) is 1. The van der Waals surface area contributed by atoms with Crippen LogP contribution in [-0.4, -0.2) is 83.6 Å². The molecule has 2 aromatic heterocycles. The average molecular weight is 595 g/mol. The maximum atomic E-state index is 13.2. The lowest BCUT2D eigenvalue weighted by Crippen LogP contribution is -2.48. The van der Waals surface area contributed by atoms with Crippen LogP contribution in [-0.2, 0) is 14.6 Å². The molecule has 2 saturated carbocycles. The van der Waals surface area contributed by atoms with E-state index in [0.29, 0.717) is 30.9 Å². The van der Waals surface area contributed by atoms with Crippen LogP contribution in [0.15, 0.2) is 42.7 Å². The molecule has 1 aromatic carbocycles. The summed E-state index contributed by atoms with van der Waals surface area (Å²) in [6.07, 6.45) is 13.8. The first-order valence-corrected chi connectivity index (χ1v) is 17.4. The normalized spacial score (nSPS) is 21.9. The van der Waals surface area contributed by atoms with E-state index in [1.165, 1.54) is 19.1 Å². The number of fused-ring (bicyclic) bond motifs is 1. The van der Waals surface area contributed by atoms with Gasteiger partial charge in [0.2, 0.25) is 11.9 Å². The molecular formula is C31H42N6O4S. The van der Waals surface area contributed by atoms with Crippen molar-refractivity contribution >= 4 is 32.6 Å². The first-order chi connectivity index (χ1) is 20.3. The summed E-state index contributed by atoms with van der Waals surface area (Å²) < 4.78 is 30.7. The molecule has 0 atom stereocenters. The molecule has 226 valence electrons. The van der Waals surface area contributed by atoms with Crippen LogP contribution in [0.25, 0.3) is 16.7 Å². The van der Waals surface area contributed by atoms with Crippen molar-refractivity contribution in [3.8, 4) is 11.6 Å². The second-order valence-electron chi connectivity index (χ2n) is 12.2. The van der Waals surface area contributed by atoms with Crippen LogP contribution < -0.4 is 15.4 Å². The van der Waals surface area contributed by atoms with Gasteiger partial charge < -0.3 is 24.8 Å². The highest BCUT2D eigenvalue weighted by molar-refractivity contribution is 7.90. The van der Waals surface area contributed by atoms with E-state index in [-0.39, 0.29) is 17.7 Å². The molecule has 2 aliphatic carbocycles. The quantitative estimate of drug-likeness (QED) is 0.321. The van der Waals surface area contributed by atoms with Gasteiger partial charge >= 0.3 is 0 Å². The number of benzene rings is 1. The van der Waals surface area contributed by atoms with Crippen LogP contribution in [0.2, 0.25) is 0 Å². The van der Waals surface area contributed by atoms with Crippen LogP contribution in [0.5, 0.6) is 5.75 Å². The molecule has 0 spiro atoms. The lowest BCUT2D eigenvalue weighted by Gasteiger charge is -2.36. The first kappa shape index (κ1) is 28.9. The maximum Gasteiger partial charge on any atom is 0.225 e. The van der Waals surface area contributed by atoms with E-state index >= 15 is 0 Å². The van der Waals surface area contributed by atoms with Crippen molar-refractivity contribution in [1.29, 1.82) is 0 Å². The summed E-state index contributed by atoms with van der Waals surface area (Å²) in [6, 6.07) is 11.3. The van der Waals surface area contributed by atoms with Gasteiger partial charge in [-0.3, -0.25) is 4.79 Å². The predicted molar refractivity (Wildman–Crippen MR) is 164 cm³/mol. The average Bonchev–Trinajstić information content (AvgIpc) is 3.69. The Hall–Kier alpha value is -3.18. The van der Waals surface area contributed by atoms with Crippen molar-refractivity contribution < 1.29 is 17.9 Å². The molecule has 3 fully saturated rings. The van der Waals surface area contributed by atoms with Crippen molar-refractivity contribution in [3.05, 3.63) is 42.7 Å². The number of piperidine rings is 1. The number of ether oxygens (including phenoxy) is 1. The third kappa shape index (κ3) is 7.23. The van der Waals surface area contributed by atoms with E-state index in [1.54, 1.807) is 6.20 Å². The van der Waals surface area contributed by atoms with Gasteiger partial charge in [0.1, 0.15) is 21.4 Å². The number of amides is 1. The van der Waals surface area contributed by atoms with Gasteiger partial charge in [-0.1, -0.05) is 6.07 Å². The van der Waals surface area contributed by atoms with Crippen LogP contribution in [0, 0.1) is 5.92 Å². The number of anilines is 1. The molecule has 11 heteroatoms. The monoisotopic (exact) mass is 594 g/mol. The summed E-state index contributed by atoms with van der Waals surface area (Å²) in [7, 11) is -3.01. The van der Waals surface area contributed by atoms with E-state index in [2.05, 4.69) is 20.5 Å². The molecule has 0 bridgehead atoms. The molecule has 3 aliphatic rings. The highest BCUT2D eigenvalue weighted by Crippen LogP contribution is 2.31. The number of hydrogen-bond acceptors (Lipinski definition) is 8. The molecule has 6 rings (SSSR count). The number of nitrogens with one attached hydrogen (secondary N) is 2. The Morgan fingerprint density at radius 3 is 2.45 bits per heavy atom. The minimum atomic E-state index is -3.01. The van der Waals surface area contributed by atoms with Gasteiger partial charge in [-0.25, -0.2) is 13.4 Å². The second kappa shape index (κ2) is 12.6. The number of aromatic nitrogens is 3. The summed E-state index contributed by atoms with van der Waals surface area (Å²) in [5.74, 6) is 2.63. The fraction of sp³-hybridized carbons (Fsp3) is 0.581. The summed E-state index contributed by atoms with van der Waals surface area (Å²) in [5, 5.41) is 8.17. The summed E-state index contributed by atoms with van der Waals surface area (Å²) in [4.78, 5) is 24.6. The molecular weight excluding hydrogens is 552 g/mol. The van der Waals surface area contributed by atoms with E-state index in [4.69, 9.17) is 9.72 Å². The lowest BCUT2D eigenvalue weighted by molar-refractivity contribution is -0.137. The molecule has 1 saturated heterocycles. The number of nitrogens with zero attached hydrogens (tertiary/aromatic N) is 4. The van der Waals surface area contributed by atoms with Crippen molar-refractivity contribution in [2.24, 2.45) is 5.92 Å². The smallest absolute Gasteiger partial charge is 0.225 e. The van der Waals surface area contributed by atoms with E-state index < -0.39 is 9.84 Å². The van der Waals surface area contributed by atoms with E-state index in [1.807, 2.05) is 41.1 Å². The zero-order valence-corrected chi connectivity index (χ0v) is 25.2. The maximum absolute atomic E-state index is 13.2. The van der Waals surface area contributed by atoms with Gasteiger partial charge in [-0.05, 0) is 82.1 Å². The van der Waals surface area contributed by atoms with Crippen LogP contribution in [0.4, 0.5) is 5.95 Å². The Morgan fingerprint density at radius 2 is 1.71 bits per heavy atom. The summed E-state index contributed by atoms with van der Waals surface area (Å²) in [5.41, 5.74) is 0.951. The molecule has 1 aliphatic heterocycles. The zero-order valence-electron chi connectivity index (χ0n) is 24.4. The first-order valence-electron chi connectivity index (χ1n) is 15.4. The SMILES string of the molecule is CS(=O)(=O)CCCOc1cccc2c1ccn2-c1ccnc(N[C@H]2CC[C@H](C(=O)N3CCC(NC4CC4)CC3)CC2)n1. The topological polar surface area (TPSA) is 118 Å². The fourth-order valence-corrected chi connectivity index (χ4v) is 6.94. The molecule has 0 unspecified atom stereocenters. The van der Waals surface area contributed by atoms with Crippen molar-refractivity contribution in [2.75, 3.05) is 37.0 Å². The Morgan fingerprint density at radius 1 is 0.976 bits per heavy atom. The number of hydrogen-bond donors (Lipinski definition) is 2. The molecule has 2 N–H and O–H groups in total. The highest BCUT2D eigenvalue weighted by atomic mass is 32.2. The van der Waals surface area contributed by atoms with Crippen LogP contribution >= 0.6 is 0 Å². The minimum Gasteiger partial charge on any atom is -0.493 e. The molecule has 3 heterocycles. The van der Waals surface area contributed by atoms with Gasteiger partial charge in [0.25, 0.3) is 0 Å².